The molecule has 0 radical (unpaired) electrons. The molecule has 0 unspecified atom stereocenters. The number of aromatic amines is 1. The molecule has 27 heavy (non-hydrogen) atoms. The lowest BCUT2D eigenvalue weighted by Crippen LogP contribution is -2.46. The van der Waals surface area contributed by atoms with Crippen LogP contribution >= 0.6 is 0 Å². The summed E-state index contributed by atoms with van der Waals surface area (Å²) in [7, 11) is 0. The molecule has 7 heteroatoms. The number of nitrogens with zero attached hydrogens (tertiary/aromatic N) is 4. The van der Waals surface area contributed by atoms with Crippen LogP contribution < -0.4 is 5.32 Å². The molecule has 0 saturated heterocycles. The predicted octanol–water partition coefficient (Wildman–Crippen LogP) is 1.93. The van der Waals surface area contributed by atoms with Gasteiger partial charge in [0.1, 0.15) is 5.82 Å². The number of hydrogen-bond donors (Lipinski definition) is 2. The van der Waals surface area contributed by atoms with Gasteiger partial charge in [0.05, 0.1) is 12.6 Å². The van der Waals surface area contributed by atoms with Gasteiger partial charge in [0.2, 0.25) is 5.91 Å². The Balaban J connectivity index is 1.34. The molecule has 0 bridgehead atoms. The fourth-order valence-electron chi connectivity index (χ4n) is 3.34. The number of benzene rings is 1. The monoisotopic (exact) mass is 362 g/mol. The van der Waals surface area contributed by atoms with Gasteiger partial charge in [-0.15, -0.1) is 0 Å². The molecule has 0 saturated carbocycles. The van der Waals surface area contributed by atoms with E-state index in [1.807, 2.05) is 19.1 Å². The number of amides is 1. The summed E-state index contributed by atoms with van der Waals surface area (Å²) in [6.45, 7) is 3.97. The number of nitrogens with one attached hydrogen (secondary N) is 2. The molecular formula is C20H22N6O. The number of carbonyl (C=O) groups is 1. The van der Waals surface area contributed by atoms with Crippen molar-refractivity contribution in [2.75, 3.05) is 6.54 Å². The Hall–Kier alpha value is -3.06. The summed E-state index contributed by atoms with van der Waals surface area (Å²) in [6, 6.07) is 11.9. The van der Waals surface area contributed by atoms with Crippen molar-refractivity contribution in [2.24, 2.45) is 0 Å². The van der Waals surface area contributed by atoms with E-state index in [4.69, 9.17) is 0 Å². The van der Waals surface area contributed by atoms with Crippen molar-refractivity contribution in [2.45, 2.75) is 32.5 Å². The quantitative estimate of drug-likeness (QED) is 0.724. The molecular weight excluding hydrogens is 340 g/mol. The van der Waals surface area contributed by atoms with Crippen LogP contribution in [-0.2, 0) is 24.3 Å². The molecule has 138 valence electrons. The van der Waals surface area contributed by atoms with Crippen LogP contribution in [0.2, 0.25) is 0 Å². The molecule has 3 aromatic rings. The standard InChI is InChI=1S/C20H22N6O/c1-14(26-11-8-15-4-2-3-5-17(15)13-26)20(27)22-12-18-23-19(25-24-18)16-6-9-21-10-7-16/h2-7,9-10,14H,8,11-13H2,1H3,(H,22,27)(H,23,24,25)/t14-/m0/s1. The van der Waals surface area contributed by atoms with E-state index in [2.05, 4.69) is 54.6 Å². The highest BCUT2D eigenvalue weighted by atomic mass is 16.2. The van der Waals surface area contributed by atoms with Crippen LogP contribution in [0.25, 0.3) is 11.4 Å². The van der Waals surface area contributed by atoms with Gasteiger partial charge in [-0.1, -0.05) is 24.3 Å². The van der Waals surface area contributed by atoms with Gasteiger partial charge < -0.3 is 5.32 Å². The summed E-state index contributed by atoms with van der Waals surface area (Å²) in [4.78, 5) is 23.2. The summed E-state index contributed by atoms with van der Waals surface area (Å²) in [5.41, 5.74) is 3.58. The Morgan fingerprint density at radius 3 is 2.81 bits per heavy atom. The van der Waals surface area contributed by atoms with Crippen LogP contribution in [0.1, 0.15) is 23.9 Å². The van der Waals surface area contributed by atoms with Crippen LogP contribution in [0.4, 0.5) is 0 Å². The minimum Gasteiger partial charge on any atom is -0.347 e. The number of carbonyl (C=O) groups excluding carboxylic acids is 1. The van der Waals surface area contributed by atoms with Crippen molar-refractivity contribution in [1.29, 1.82) is 0 Å². The highest BCUT2D eigenvalue weighted by molar-refractivity contribution is 5.81. The van der Waals surface area contributed by atoms with Gasteiger partial charge in [-0.25, -0.2) is 4.98 Å². The second-order valence-electron chi connectivity index (χ2n) is 6.72. The minimum absolute atomic E-state index is 0.00348. The molecule has 1 aliphatic rings. The van der Waals surface area contributed by atoms with Gasteiger partial charge in [-0.2, -0.15) is 5.10 Å². The first-order valence-electron chi connectivity index (χ1n) is 9.11. The zero-order valence-corrected chi connectivity index (χ0v) is 15.2. The lowest BCUT2D eigenvalue weighted by Gasteiger charge is -2.32. The van der Waals surface area contributed by atoms with E-state index in [9.17, 15) is 4.79 Å². The van der Waals surface area contributed by atoms with Crippen LogP contribution in [0.15, 0.2) is 48.8 Å². The molecule has 2 N–H and O–H groups in total. The summed E-state index contributed by atoms with van der Waals surface area (Å²) in [5.74, 6) is 1.23. The molecule has 1 atom stereocenters. The number of pyridine rings is 1. The van der Waals surface area contributed by atoms with Crippen molar-refractivity contribution < 1.29 is 4.79 Å². The average molecular weight is 362 g/mol. The molecule has 7 nitrogen and oxygen atoms in total. The highest BCUT2D eigenvalue weighted by Gasteiger charge is 2.25. The van der Waals surface area contributed by atoms with Gasteiger partial charge in [0.25, 0.3) is 0 Å². The predicted molar refractivity (Wildman–Crippen MR) is 101 cm³/mol. The van der Waals surface area contributed by atoms with E-state index >= 15 is 0 Å². The van der Waals surface area contributed by atoms with E-state index in [1.165, 1.54) is 11.1 Å². The van der Waals surface area contributed by atoms with Gasteiger partial charge >= 0.3 is 0 Å². The maximum Gasteiger partial charge on any atom is 0.237 e. The van der Waals surface area contributed by atoms with Crippen molar-refractivity contribution >= 4 is 5.91 Å². The Kier molecular flexibility index (Phi) is 4.93. The molecule has 1 aliphatic heterocycles. The molecule has 1 aromatic carbocycles. The second kappa shape index (κ2) is 7.67. The van der Waals surface area contributed by atoms with Gasteiger partial charge in [0.15, 0.2) is 5.82 Å². The first kappa shape index (κ1) is 17.4. The Labute approximate surface area is 157 Å². The summed E-state index contributed by atoms with van der Waals surface area (Å²) < 4.78 is 0. The highest BCUT2D eigenvalue weighted by Crippen LogP contribution is 2.20. The first-order chi connectivity index (χ1) is 13.2. The molecule has 4 rings (SSSR count). The molecule has 3 heterocycles. The zero-order chi connectivity index (χ0) is 18.6. The minimum atomic E-state index is -0.194. The van der Waals surface area contributed by atoms with Crippen molar-refractivity contribution in [3.05, 3.63) is 65.7 Å². The maximum absolute atomic E-state index is 12.6. The smallest absolute Gasteiger partial charge is 0.237 e. The summed E-state index contributed by atoms with van der Waals surface area (Å²) >= 11 is 0. The number of aromatic nitrogens is 4. The Bertz CT molecular complexity index is 923. The van der Waals surface area contributed by atoms with Gasteiger partial charge in [-0.05, 0) is 36.6 Å². The SMILES string of the molecule is C[C@@H](C(=O)NCc1nc(-c2ccncc2)n[nH]1)N1CCc2ccccc2C1. The van der Waals surface area contributed by atoms with Crippen molar-refractivity contribution in [3.63, 3.8) is 0 Å². The largest absolute Gasteiger partial charge is 0.347 e. The number of fused-ring (bicyclic) bond motifs is 1. The third-order valence-corrected chi connectivity index (χ3v) is 4.99. The number of hydrogen-bond acceptors (Lipinski definition) is 5. The van der Waals surface area contributed by atoms with E-state index in [0.29, 0.717) is 18.2 Å². The molecule has 1 amide bonds. The lowest BCUT2D eigenvalue weighted by molar-refractivity contribution is -0.126. The van der Waals surface area contributed by atoms with Crippen molar-refractivity contribution in [1.82, 2.24) is 30.4 Å². The average Bonchev–Trinajstić information content (AvgIpc) is 3.21. The van der Waals surface area contributed by atoms with E-state index in [-0.39, 0.29) is 11.9 Å². The summed E-state index contributed by atoms with van der Waals surface area (Å²) in [6.07, 6.45) is 4.38. The normalized spacial score (nSPS) is 15.1. The molecule has 2 aromatic heterocycles. The third kappa shape index (κ3) is 3.88. The molecule has 0 spiro atoms. The van der Waals surface area contributed by atoms with Crippen LogP contribution in [0.5, 0.6) is 0 Å². The first-order valence-corrected chi connectivity index (χ1v) is 9.11. The van der Waals surface area contributed by atoms with Crippen LogP contribution in [-0.4, -0.2) is 43.6 Å². The fourth-order valence-corrected chi connectivity index (χ4v) is 3.34. The Morgan fingerprint density at radius 1 is 1.22 bits per heavy atom. The zero-order valence-electron chi connectivity index (χ0n) is 15.2. The number of H-pyrrole nitrogens is 1. The lowest BCUT2D eigenvalue weighted by atomic mass is 9.99. The van der Waals surface area contributed by atoms with E-state index < -0.39 is 0 Å². The third-order valence-electron chi connectivity index (χ3n) is 4.99. The van der Waals surface area contributed by atoms with Gasteiger partial charge in [-0.3, -0.25) is 19.8 Å². The van der Waals surface area contributed by atoms with Crippen LogP contribution in [0.3, 0.4) is 0 Å². The maximum atomic E-state index is 12.6. The Morgan fingerprint density at radius 2 is 2.00 bits per heavy atom. The summed E-state index contributed by atoms with van der Waals surface area (Å²) in [5, 5.41) is 10.0. The van der Waals surface area contributed by atoms with E-state index in [1.54, 1.807) is 12.4 Å². The number of rotatable bonds is 5. The van der Waals surface area contributed by atoms with Crippen molar-refractivity contribution in [3.8, 4) is 11.4 Å². The van der Waals surface area contributed by atoms with E-state index in [0.717, 1.165) is 25.1 Å². The topological polar surface area (TPSA) is 86.8 Å². The van der Waals surface area contributed by atoms with Gasteiger partial charge in [0, 0.05) is 31.0 Å². The molecule has 0 aliphatic carbocycles. The van der Waals surface area contributed by atoms with Crippen LogP contribution in [0, 0.1) is 0 Å². The molecule has 0 fully saturated rings. The second-order valence-corrected chi connectivity index (χ2v) is 6.72. The fraction of sp³-hybridized carbons (Fsp3) is 0.300.